The highest BCUT2D eigenvalue weighted by molar-refractivity contribution is 7.11. The van der Waals surface area contributed by atoms with Crippen LogP contribution in [0, 0.1) is 0 Å². The number of hydrogen-bond acceptors (Lipinski definition) is 5. The van der Waals surface area contributed by atoms with Gasteiger partial charge in [-0.15, -0.1) is 11.3 Å². The van der Waals surface area contributed by atoms with Crippen molar-refractivity contribution < 1.29 is 29.0 Å². The Morgan fingerprint density at radius 3 is 2.11 bits per heavy atom. The van der Waals surface area contributed by atoms with E-state index in [4.69, 9.17) is 9.16 Å². The molecule has 1 aromatic carbocycles. The summed E-state index contributed by atoms with van der Waals surface area (Å²) in [6, 6.07) is 9.64. The molecule has 2 N–H and O–H groups in total. The number of benzene rings is 1. The molecule has 0 aliphatic carbocycles. The lowest BCUT2D eigenvalue weighted by Gasteiger charge is -2.42. The first-order valence-electron chi connectivity index (χ1n) is 13.8. The van der Waals surface area contributed by atoms with Crippen LogP contribution in [0.1, 0.15) is 105 Å². The number of aromatic carboxylic acids is 2. The summed E-state index contributed by atoms with van der Waals surface area (Å²) in [4.78, 5) is 23.9. The molecule has 6 nitrogen and oxygen atoms in total. The van der Waals surface area contributed by atoms with E-state index in [0.29, 0.717) is 5.75 Å². The Morgan fingerprint density at radius 1 is 0.947 bits per heavy atom. The molecule has 2 aromatic rings. The number of carbonyl (C=O) groups is 2. The Balaban J connectivity index is 2.10. The van der Waals surface area contributed by atoms with Gasteiger partial charge in [-0.25, -0.2) is 9.59 Å². The molecule has 0 bridgehead atoms. The van der Waals surface area contributed by atoms with Gasteiger partial charge in [0.25, 0.3) is 0 Å². The average Bonchev–Trinajstić information content (AvgIpc) is 3.40. The van der Waals surface area contributed by atoms with Crippen LogP contribution >= 0.6 is 11.3 Å². The predicted octanol–water partition coefficient (Wildman–Crippen LogP) is 8.88. The Labute approximate surface area is 232 Å². The highest BCUT2D eigenvalue weighted by Gasteiger charge is 2.38. The Hall–Kier alpha value is -2.42. The summed E-state index contributed by atoms with van der Waals surface area (Å²) in [7, 11) is -1.69. The molecule has 8 heteroatoms. The van der Waals surface area contributed by atoms with Crippen molar-refractivity contribution in [1.82, 2.24) is 0 Å². The van der Waals surface area contributed by atoms with E-state index in [-0.39, 0.29) is 23.3 Å². The van der Waals surface area contributed by atoms with Gasteiger partial charge in [-0.05, 0) is 85.5 Å². The van der Waals surface area contributed by atoms with Gasteiger partial charge >= 0.3 is 11.9 Å². The fraction of sp³-hybridized carbons (Fsp3) is 0.533. The zero-order chi connectivity index (χ0) is 28.3. The summed E-state index contributed by atoms with van der Waals surface area (Å²) in [6.07, 6.45) is 7.36. The average molecular weight is 561 g/mol. The number of allylic oxidation sites excluding steroid dienone is 2. The summed E-state index contributed by atoms with van der Waals surface area (Å²) < 4.78 is 12.8. The van der Waals surface area contributed by atoms with E-state index < -0.39 is 20.3 Å². The monoisotopic (exact) mass is 560 g/mol. The second-order valence-corrected chi connectivity index (χ2v) is 15.4. The Kier molecular flexibility index (Phi) is 12.3. The molecule has 0 fully saturated rings. The van der Waals surface area contributed by atoms with E-state index in [1.807, 2.05) is 0 Å². The molecule has 210 valence electrons. The zero-order valence-electron chi connectivity index (χ0n) is 23.8. The van der Waals surface area contributed by atoms with Crippen molar-refractivity contribution in [2.75, 3.05) is 0 Å². The van der Waals surface area contributed by atoms with E-state index in [1.54, 1.807) is 11.3 Å². The molecule has 0 spiro atoms. The third-order valence-corrected chi connectivity index (χ3v) is 13.6. The molecule has 0 radical (unpaired) electrons. The smallest absolute Gasteiger partial charge is 0.336 e. The normalized spacial score (nSPS) is 12.5. The van der Waals surface area contributed by atoms with E-state index >= 15 is 0 Å². The minimum absolute atomic E-state index is 0.0525. The fourth-order valence-corrected chi connectivity index (χ4v) is 9.17. The predicted molar refractivity (Wildman–Crippen MR) is 158 cm³/mol. The summed E-state index contributed by atoms with van der Waals surface area (Å²) in [5.74, 6) is -2.25. The lowest BCUT2D eigenvalue weighted by molar-refractivity contribution is 0.0397. The van der Waals surface area contributed by atoms with Crippen molar-refractivity contribution in [3.63, 3.8) is 0 Å². The van der Waals surface area contributed by atoms with E-state index in [2.05, 4.69) is 59.1 Å². The van der Waals surface area contributed by atoms with Gasteiger partial charge < -0.3 is 19.4 Å². The Morgan fingerprint density at radius 2 is 1.58 bits per heavy atom. The number of thiophene rings is 1. The first kappa shape index (κ1) is 31.8. The van der Waals surface area contributed by atoms with Gasteiger partial charge in [-0.2, -0.15) is 0 Å². The molecule has 0 unspecified atom stereocenters. The van der Waals surface area contributed by atoms with Gasteiger partial charge in [0.1, 0.15) is 12.4 Å². The second kappa shape index (κ2) is 14.7. The summed E-state index contributed by atoms with van der Waals surface area (Å²) in [5, 5.41) is 20.6. The Bertz CT molecular complexity index is 1090. The first-order valence-corrected chi connectivity index (χ1v) is 17.2. The molecular formula is C30H44O6SSi. The highest BCUT2D eigenvalue weighted by Crippen LogP contribution is 2.36. The molecule has 1 heterocycles. The first-order chi connectivity index (χ1) is 18.1. The molecule has 0 saturated heterocycles. The maximum absolute atomic E-state index is 11.4. The molecule has 0 aliphatic rings. The molecule has 0 saturated carbocycles. The number of rotatable bonds is 17. The van der Waals surface area contributed by atoms with Crippen molar-refractivity contribution in [1.29, 1.82) is 0 Å². The number of carboxylic acid groups (broad SMARTS) is 2. The lowest BCUT2D eigenvalue weighted by atomic mass is 9.91. The van der Waals surface area contributed by atoms with E-state index in [0.717, 1.165) is 37.7 Å². The van der Waals surface area contributed by atoms with Crippen molar-refractivity contribution in [3.8, 4) is 5.75 Å². The highest BCUT2D eigenvalue weighted by atomic mass is 32.1. The largest absolute Gasteiger partial charge is 0.489 e. The SMILES string of the molecule is CCC(=CCCC(CC)(CC)O[Si](CC)(CC)CC)c1cc(COc2ccc(C(=O)O)c(C(=O)O)c2)cs1. The van der Waals surface area contributed by atoms with Gasteiger partial charge in [0.2, 0.25) is 0 Å². The summed E-state index contributed by atoms with van der Waals surface area (Å²) in [5.41, 5.74) is 1.71. The van der Waals surface area contributed by atoms with Gasteiger partial charge in [-0.1, -0.05) is 47.6 Å². The van der Waals surface area contributed by atoms with Crippen LogP contribution in [0.3, 0.4) is 0 Å². The van der Waals surface area contributed by atoms with Crippen LogP contribution in [-0.2, 0) is 11.0 Å². The van der Waals surface area contributed by atoms with Crippen molar-refractivity contribution in [3.05, 3.63) is 57.3 Å². The maximum Gasteiger partial charge on any atom is 0.336 e. The fourth-order valence-electron chi connectivity index (χ4n) is 4.92. The van der Waals surface area contributed by atoms with Crippen molar-refractivity contribution in [2.24, 2.45) is 0 Å². The van der Waals surface area contributed by atoms with E-state index in [1.165, 1.54) is 46.8 Å². The van der Waals surface area contributed by atoms with Gasteiger partial charge in [0.05, 0.1) is 16.7 Å². The standard InChI is InChI=1S/C30H44O6SSi/c1-7-23(14-13-17-30(8-2,9-3)36-38(10-4,11-5)12-6)27-18-22(21-37-27)20-35-24-15-16-25(28(31)32)26(19-24)29(33)34/h14-16,18-19,21H,7-13,17,20H2,1-6H3,(H,31,32)(H,33,34). The number of hydrogen-bond donors (Lipinski definition) is 2. The van der Waals surface area contributed by atoms with Gasteiger partial charge in [0.15, 0.2) is 8.32 Å². The molecule has 0 aliphatic heterocycles. The van der Waals surface area contributed by atoms with Crippen LogP contribution in [0.2, 0.25) is 18.1 Å². The van der Waals surface area contributed by atoms with Gasteiger partial charge in [-0.3, -0.25) is 0 Å². The van der Waals surface area contributed by atoms with Crippen LogP contribution in [0.15, 0.2) is 35.7 Å². The third kappa shape index (κ3) is 8.04. The minimum Gasteiger partial charge on any atom is -0.489 e. The minimum atomic E-state index is -1.69. The molecule has 38 heavy (non-hydrogen) atoms. The topological polar surface area (TPSA) is 93.1 Å². The van der Waals surface area contributed by atoms with Gasteiger partial charge in [0, 0.05) is 10.4 Å². The number of ether oxygens (including phenoxy) is 1. The third-order valence-electron chi connectivity index (χ3n) is 7.85. The van der Waals surface area contributed by atoms with Crippen LogP contribution in [0.5, 0.6) is 5.75 Å². The molecule has 2 rings (SSSR count). The molecule has 1 aromatic heterocycles. The molecule has 0 amide bonds. The van der Waals surface area contributed by atoms with Crippen LogP contribution in [0.4, 0.5) is 0 Å². The zero-order valence-corrected chi connectivity index (χ0v) is 25.6. The lowest BCUT2D eigenvalue weighted by Crippen LogP contribution is -2.46. The van der Waals surface area contributed by atoms with Crippen LogP contribution in [0.25, 0.3) is 5.57 Å². The maximum atomic E-state index is 11.4. The van der Waals surface area contributed by atoms with Crippen molar-refractivity contribution in [2.45, 2.75) is 104 Å². The summed E-state index contributed by atoms with van der Waals surface area (Å²) >= 11 is 1.68. The van der Waals surface area contributed by atoms with Crippen molar-refractivity contribution >= 4 is 37.2 Å². The van der Waals surface area contributed by atoms with E-state index in [9.17, 15) is 19.8 Å². The summed E-state index contributed by atoms with van der Waals surface area (Å²) in [6.45, 7) is 13.8. The number of carboxylic acids is 2. The second-order valence-electron chi connectivity index (χ2n) is 9.78. The quantitative estimate of drug-likeness (QED) is 0.188. The van der Waals surface area contributed by atoms with Crippen LogP contribution in [-0.4, -0.2) is 36.1 Å². The molecule has 0 atom stereocenters. The van der Waals surface area contributed by atoms with Crippen LogP contribution < -0.4 is 4.74 Å². The molecular weight excluding hydrogens is 516 g/mol.